The average Bonchev–Trinajstić information content (AvgIpc) is 3.02. The molecule has 7 heteroatoms. The normalized spacial score (nSPS) is 10.6. The molecule has 0 atom stereocenters. The molecule has 0 bridgehead atoms. The van der Waals surface area contributed by atoms with Crippen LogP contribution >= 0.6 is 11.6 Å². The van der Waals surface area contributed by atoms with Gasteiger partial charge in [0.2, 0.25) is 0 Å². The fourth-order valence-electron chi connectivity index (χ4n) is 1.90. The van der Waals surface area contributed by atoms with Gasteiger partial charge < -0.3 is 5.32 Å². The second-order valence-corrected chi connectivity index (χ2v) is 4.77. The first-order valence-electron chi connectivity index (χ1n) is 6.24. The third kappa shape index (κ3) is 3.00. The lowest BCUT2D eigenvalue weighted by atomic mass is 10.2. The molecule has 1 aromatic heterocycles. The van der Waals surface area contributed by atoms with E-state index in [1.54, 1.807) is 36.4 Å². The predicted octanol–water partition coefficient (Wildman–Crippen LogP) is 3.07. The summed E-state index contributed by atoms with van der Waals surface area (Å²) in [4.78, 5) is 0. The molecule has 0 aliphatic rings. The van der Waals surface area contributed by atoms with E-state index >= 15 is 0 Å². The lowest BCUT2D eigenvalue weighted by molar-refractivity contribution is 0.613. The van der Waals surface area contributed by atoms with Crippen molar-refractivity contribution in [2.75, 3.05) is 5.32 Å². The molecule has 0 saturated carbocycles. The van der Waals surface area contributed by atoms with Gasteiger partial charge in [0.15, 0.2) is 0 Å². The molecule has 0 spiro atoms. The Morgan fingerprint density at radius 1 is 1.19 bits per heavy atom. The van der Waals surface area contributed by atoms with Crippen LogP contribution < -0.4 is 5.32 Å². The van der Waals surface area contributed by atoms with Crippen molar-refractivity contribution in [1.29, 1.82) is 0 Å². The first-order valence-corrected chi connectivity index (χ1v) is 6.62. The Bertz CT molecular complexity index is 745. The summed E-state index contributed by atoms with van der Waals surface area (Å²) in [7, 11) is 0. The third-order valence-corrected chi connectivity index (χ3v) is 3.32. The molecule has 3 aromatic rings. The maximum absolute atomic E-state index is 13.6. The van der Waals surface area contributed by atoms with E-state index < -0.39 is 0 Å². The van der Waals surface area contributed by atoms with Gasteiger partial charge in [-0.1, -0.05) is 29.8 Å². The summed E-state index contributed by atoms with van der Waals surface area (Å²) in [5.41, 5.74) is 2.02. The van der Waals surface area contributed by atoms with Crippen LogP contribution in [0.15, 0.2) is 48.8 Å². The molecule has 3 rings (SSSR count). The minimum atomic E-state index is -0.252. The fraction of sp³-hybridized carbons (Fsp3) is 0.0714. The number of tetrazole rings is 1. The highest BCUT2D eigenvalue weighted by molar-refractivity contribution is 6.33. The zero-order valence-electron chi connectivity index (χ0n) is 10.9. The molecule has 0 aliphatic carbocycles. The molecule has 5 nitrogen and oxygen atoms in total. The number of nitrogens with one attached hydrogen (secondary N) is 1. The minimum Gasteiger partial charge on any atom is -0.380 e. The van der Waals surface area contributed by atoms with Crippen molar-refractivity contribution in [3.8, 4) is 5.69 Å². The Morgan fingerprint density at radius 3 is 2.81 bits per heavy atom. The van der Waals surface area contributed by atoms with Gasteiger partial charge in [-0.2, -0.15) is 0 Å². The van der Waals surface area contributed by atoms with Crippen LogP contribution in [0.2, 0.25) is 5.02 Å². The Balaban J connectivity index is 1.82. The van der Waals surface area contributed by atoms with Crippen LogP contribution in [-0.4, -0.2) is 20.2 Å². The molecule has 0 amide bonds. The summed E-state index contributed by atoms with van der Waals surface area (Å²) in [6, 6.07) is 11.9. The monoisotopic (exact) mass is 303 g/mol. The van der Waals surface area contributed by atoms with Crippen LogP contribution in [0.3, 0.4) is 0 Å². The first kappa shape index (κ1) is 13.5. The van der Waals surface area contributed by atoms with E-state index in [1.165, 1.54) is 17.1 Å². The van der Waals surface area contributed by atoms with Gasteiger partial charge >= 0.3 is 0 Å². The lowest BCUT2D eigenvalue weighted by Gasteiger charge is -2.10. The van der Waals surface area contributed by atoms with Crippen molar-refractivity contribution < 1.29 is 4.39 Å². The Morgan fingerprint density at radius 2 is 2.05 bits per heavy atom. The van der Waals surface area contributed by atoms with Crippen LogP contribution in [0, 0.1) is 5.82 Å². The van der Waals surface area contributed by atoms with Gasteiger partial charge in [0, 0.05) is 12.1 Å². The van der Waals surface area contributed by atoms with Crippen LogP contribution in [0.1, 0.15) is 5.56 Å². The Hall–Kier alpha value is -2.47. The van der Waals surface area contributed by atoms with E-state index in [9.17, 15) is 4.39 Å². The summed E-state index contributed by atoms with van der Waals surface area (Å²) in [6.45, 7) is 0.339. The largest absolute Gasteiger partial charge is 0.380 e. The van der Waals surface area contributed by atoms with Gasteiger partial charge in [-0.15, -0.1) is 5.10 Å². The molecule has 0 fully saturated rings. The SMILES string of the molecule is Fc1ccccc1CNc1cc(-n2cnnn2)ccc1Cl. The van der Waals surface area contributed by atoms with Gasteiger partial charge in [0.1, 0.15) is 12.1 Å². The summed E-state index contributed by atoms with van der Waals surface area (Å²) in [6.07, 6.45) is 1.49. The second-order valence-electron chi connectivity index (χ2n) is 4.36. The van der Waals surface area contributed by atoms with E-state index in [2.05, 4.69) is 20.8 Å². The zero-order valence-corrected chi connectivity index (χ0v) is 11.6. The summed E-state index contributed by atoms with van der Waals surface area (Å²) in [5.74, 6) is -0.252. The molecule has 0 unspecified atom stereocenters. The van der Waals surface area contributed by atoms with Gasteiger partial charge in [-0.05, 0) is 34.7 Å². The van der Waals surface area contributed by atoms with E-state index in [0.29, 0.717) is 22.8 Å². The van der Waals surface area contributed by atoms with Crippen LogP contribution in [-0.2, 0) is 6.54 Å². The predicted molar refractivity (Wildman–Crippen MR) is 77.9 cm³/mol. The van der Waals surface area contributed by atoms with Crippen molar-refractivity contribution >= 4 is 17.3 Å². The van der Waals surface area contributed by atoms with E-state index in [-0.39, 0.29) is 5.82 Å². The summed E-state index contributed by atoms with van der Waals surface area (Å²) in [5, 5.41) is 14.6. The van der Waals surface area contributed by atoms with Gasteiger partial charge in [0.05, 0.1) is 16.4 Å². The van der Waals surface area contributed by atoms with E-state index in [4.69, 9.17) is 11.6 Å². The smallest absolute Gasteiger partial charge is 0.143 e. The maximum Gasteiger partial charge on any atom is 0.143 e. The topological polar surface area (TPSA) is 55.6 Å². The molecule has 1 N–H and O–H groups in total. The Labute approximate surface area is 125 Å². The highest BCUT2D eigenvalue weighted by Crippen LogP contribution is 2.25. The first-order chi connectivity index (χ1) is 10.2. The molecule has 2 aromatic carbocycles. The van der Waals surface area contributed by atoms with Crippen LogP contribution in [0.4, 0.5) is 10.1 Å². The molecule has 21 heavy (non-hydrogen) atoms. The average molecular weight is 304 g/mol. The summed E-state index contributed by atoms with van der Waals surface area (Å²) < 4.78 is 15.1. The molecule has 1 heterocycles. The van der Waals surface area contributed by atoms with Gasteiger partial charge in [0.25, 0.3) is 0 Å². The quantitative estimate of drug-likeness (QED) is 0.805. The molecule has 106 valence electrons. The van der Waals surface area contributed by atoms with Crippen molar-refractivity contribution in [2.24, 2.45) is 0 Å². The maximum atomic E-state index is 13.6. The fourth-order valence-corrected chi connectivity index (χ4v) is 2.09. The van der Waals surface area contributed by atoms with Crippen molar-refractivity contribution in [3.05, 3.63) is 65.2 Å². The number of halogens is 2. The second kappa shape index (κ2) is 5.88. The number of rotatable bonds is 4. The van der Waals surface area contributed by atoms with E-state index in [0.717, 1.165) is 5.69 Å². The molecule has 0 aliphatic heterocycles. The number of hydrogen-bond donors (Lipinski definition) is 1. The van der Waals surface area contributed by atoms with Crippen molar-refractivity contribution in [1.82, 2.24) is 20.2 Å². The number of anilines is 1. The van der Waals surface area contributed by atoms with E-state index in [1.807, 2.05) is 0 Å². The molecular formula is C14H11ClFN5. The van der Waals surface area contributed by atoms with Crippen molar-refractivity contribution in [3.63, 3.8) is 0 Å². The standard InChI is InChI=1S/C14H11ClFN5/c15-12-6-5-11(21-9-18-19-20-21)7-14(12)17-8-10-3-1-2-4-13(10)16/h1-7,9,17H,8H2. The lowest BCUT2D eigenvalue weighted by Crippen LogP contribution is -2.03. The van der Waals surface area contributed by atoms with Crippen LogP contribution in [0.25, 0.3) is 5.69 Å². The third-order valence-electron chi connectivity index (χ3n) is 2.99. The number of benzene rings is 2. The number of hydrogen-bond acceptors (Lipinski definition) is 4. The molecular weight excluding hydrogens is 293 g/mol. The van der Waals surface area contributed by atoms with Gasteiger partial charge in [-0.25, -0.2) is 9.07 Å². The van der Waals surface area contributed by atoms with Crippen molar-refractivity contribution in [2.45, 2.75) is 6.54 Å². The zero-order chi connectivity index (χ0) is 14.7. The number of nitrogens with zero attached hydrogens (tertiary/aromatic N) is 4. The number of aromatic nitrogens is 4. The molecule has 0 radical (unpaired) electrons. The van der Waals surface area contributed by atoms with Crippen LogP contribution in [0.5, 0.6) is 0 Å². The highest BCUT2D eigenvalue weighted by Gasteiger charge is 2.06. The molecule has 0 saturated heterocycles. The Kier molecular flexibility index (Phi) is 3.79. The summed E-state index contributed by atoms with van der Waals surface area (Å²) >= 11 is 6.15. The van der Waals surface area contributed by atoms with Gasteiger partial charge in [-0.3, -0.25) is 0 Å². The highest BCUT2D eigenvalue weighted by atomic mass is 35.5. The minimum absolute atomic E-state index is 0.252.